The number of hydrogen-bond acceptors (Lipinski definition) is 5. The van der Waals surface area contributed by atoms with E-state index in [1.165, 1.54) is 13.5 Å². The van der Waals surface area contributed by atoms with E-state index in [4.69, 9.17) is 8.37 Å². The summed E-state index contributed by atoms with van der Waals surface area (Å²) in [5, 5.41) is 0. The monoisotopic (exact) mass is 382 g/mol. The van der Waals surface area contributed by atoms with Crippen LogP contribution >= 0.6 is 0 Å². The van der Waals surface area contributed by atoms with Gasteiger partial charge in [-0.3, -0.25) is 8.98 Å². The molecule has 0 fully saturated rings. The van der Waals surface area contributed by atoms with Crippen LogP contribution in [0, 0.1) is 6.92 Å². The summed E-state index contributed by atoms with van der Waals surface area (Å²) in [6, 6.07) is 7.32. The van der Waals surface area contributed by atoms with Gasteiger partial charge >= 0.3 is 17.3 Å². The number of rotatable bonds is 13. The Morgan fingerprint density at radius 3 is 2.54 bits per heavy atom. The smallest absolute Gasteiger partial charge is 0.360 e. The Morgan fingerprint density at radius 1 is 1.15 bits per heavy atom. The number of unbranched alkanes of at least 4 members (excludes halogenated alkanes) is 3. The number of methoxy groups -OCH3 is 1. The number of esters is 1. The minimum atomic E-state index is -1.86. The first-order valence-corrected chi connectivity index (χ1v) is 10.1. The number of benzene rings is 1. The van der Waals surface area contributed by atoms with E-state index in [0.29, 0.717) is 12.2 Å². The van der Waals surface area contributed by atoms with Crippen molar-refractivity contribution in [1.29, 1.82) is 0 Å². The van der Waals surface area contributed by atoms with Gasteiger partial charge in [0.2, 0.25) is 0 Å². The maximum Gasteiger partial charge on any atom is 0.360 e. The third-order valence-corrected chi connectivity index (χ3v) is 4.62. The van der Waals surface area contributed by atoms with E-state index in [1.54, 1.807) is 18.2 Å². The Balaban J connectivity index is 2.51. The van der Waals surface area contributed by atoms with Gasteiger partial charge in [-0.15, -0.1) is 0 Å². The lowest BCUT2D eigenvalue weighted by Crippen LogP contribution is -2.17. The Hall–Kier alpha value is -1.66. The van der Waals surface area contributed by atoms with Gasteiger partial charge < -0.3 is 8.92 Å². The first-order valence-electron chi connectivity index (χ1n) is 9.10. The summed E-state index contributed by atoms with van der Waals surface area (Å²) < 4.78 is 27.7. The molecule has 0 saturated heterocycles. The molecule has 6 heteroatoms. The molecule has 1 rings (SSSR count). The third-order valence-electron chi connectivity index (χ3n) is 3.86. The molecule has 2 unspecified atom stereocenters. The van der Waals surface area contributed by atoms with Gasteiger partial charge in [0.1, 0.15) is 5.75 Å². The molecule has 146 valence electrons. The fourth-order valence-corrected chi connectivity index (χ4v) is 3.02. The van der Waals surface area contributed by atoms with Crippen LogP contribution in [0.15, 0.2) is 36.4 Å². The van der Waals surface area contributed by atoms with Crippen LogP contribution in [0.25, 0.3) is 0 Å². The molecule has 0 aromatic heterocycles. The third kappa shape index (κ3) is 10.4. The van der Waals surface area contributed by atoms with E-state index in [9.17, 15) is 9.00 Å². The van der Waals surface area contributed by atoms with E-state index in [-0.39, 0.29) is 18.5 Å². The van der Waals surface area contributed by atoms with Crippen molar-refractivity contribution in [3.63, 3.8) is 0 Å². The van der Waals surface area contributed by atoms with Crippen LogP contribution in [0.1, 0.15) is 57.4 Å². The van der Waals surface area contributed by atoms with Crippen molar-refractivity contribution < 1.29 is 22.1 Å². The molecule has 0 aliphatic carbocycles. The van der Waals surface area contributed by atoms with Gasteiger partial charge in [0.25, 0.3) is 0 Å². The predicted octanol–water partition coefficient (Wildman–Crippen LogP) is 4.82. The Morgan fingerprint density at radius 2 is 1.88 bits per heavy atom. The lowest BCUT2D eigenvalue weighted by atomic mass is 10.1. The summed E-state index contributed by atoms with van der Waals surface area (Å²) in [5.41, 5.74) is 1.11. The SMILES string of the molecule is CCCCCCC(CC=CCC(=O)OC)OS(=O)Oc1ccc(C)cc1. The summed E-state index contributed by atoms with van der Waals surface area (Å²) in [7, 11) is 1.36. The lowest BCUT2D eigenvalue weighted by molar-refractivity contribution is -0.139. The van der Waals surface area contributed by atoms with Gasteiger partial charge in [-0.2, -0.15) is 4.21 Å². The van der Waals surface area contributed by atoms with Crippen molar-refractivity contribution in [2.45, 2.75) is 64.9 Å². The Bertz CT molecular complexity index is 568. The highest BCUT2D eigenvalue weighted by atomic mass is 32.2. The highest BCUT2D eigenvalue weighted by Crippen LogP contribution is 2.17. The molecule has 0 heterocycles. The highest BCUT2D eigenvalue weighted by molar-refractivity contribution is 7.75. The standard InChI is InChI=1S/C20H30O5S/c1-4-5-6-7-10-18(11-8-9-12-20(21)23-3)24-26(22)25-19-15-13-17(2)14-16-19/h8-9,13-16,18H,4-7,10-12H2,1-3H3. The molecule has 5 nitrogen and oxygen atoms in total. The van der Waals surface area contributed by atoms with Crippen LogP contribution in [0.4, 0.5) is 0 Å². The van der Waals surface area contributed by atoms with Crippen LogP contribution in [-0.4, -0.2) is 23.4 Å². The number of carbonyl (C=O) groups excluding carboxylic acids is 1. The summed E-state index contributed by atoms with van der Waals surface area (Å²) in [6.45, 7) is 4.14. The average molecular weight is 383 g/mol. The average Bonchev–Trinajstić information content (AvgIpc) is 2.63. The van der Waals surface area contributed by atoms with E-state index < -0.39 is 11.4 Å². The molecule has 0 aliphatic heterocycles. The molecule has 0 bridgehead atoms. The predicted molar refractivity (Wildman–Crippen MR) is 104 cm³/mol. The van der Waals surface area contributed by atoms with Crippen molar-refractivity contribution in [2.24, 2.45) is 0 Å². The number of aryl methyl sites for hydroxylation is 1. The summed E-state index contributed by atoms with van der Waals surface area (Å²) in [5.74, 6) is 0.229. The van der Waals surface area contributed by atoms with Crippen LogP contribution < -0.4 is 4.18 Å². The molecule has 1 aromatic carbocycles. The van der Waals surface area contributed by atoms with Gasteiger partial charge in [-0.25, -0.2) is 0 Å². The molecule has 0 aliphatic rings. The van der Waals surface area contributed by atoms with Gasteiger partial charge in [0, 0.05) is 0 Å². The molecule has 0 N–H and O–H groups in total. The minimum Gasteiger partial charge on any atom is -0.469 e. The molecular formula is C20H30O5S. The van der Waals surface area contributed by atoms with Gasteiger partial charge in [-0.05, 0) is 31.9 Å². The number of carbonyl (C=O) groups is 1. The zero-order valence-corrected chi connectivity index (χ0v) is 16.8. The fourth-order valence-electron chi connectivity index (χ4n) is 2.32. The molecule has 0 radical (unpaired) electrons. The largest absolute Gasteiger partial charge is 0.469 e. The molecule has 2 atom stereocenters. The van der Waals surface area contributed by atoms with E-state index in [0.717, 1.165) is 31.2 Å². The zero-order valence-electron chi connectivity index (χ0n) is 15.9. The first kappa shape index (κ1) is 22.4. The molecule has 0 amide bonds. The van der Waals surface area contributed by atoms with Crippen molar-refractivity contribution in [3.05, 3.63) is 42.0 Å². The van der Waals surface area contributed by atoms with E-state index in [2.05, 4.69) is 11.7 Å². The first-order chi connectivity index (χ1) is 12.5. The minimum absolute atomic E-state index is 0.216. The maximum atomic E-state index is 12.2. The van der Waals surface area contributed by atoms with Gasteiger partial charge in [0.05, 0.1) is 19.6 Å². The highest BCUT2D eigenvalue weighted by Gasteiger charge is 2.14. The second kappa shape index (κ2) is 13.5. The summed E-state index contributed by atoms with van der Waals surface area (Å²) in [4.78, 5) is 11.1. The van der Waals surface area contributed by atoms with Crippen molar-refractivity contribution in [3.8, 4) is 5.75 Å². The quantitative estimate of drug-likeness (QED) is 0.278. The Labute approximate surface area is 159 Å². The summed E-state index contributed by atoms with van der Waals surface area (Å²) >= 11 is -1.86. The van der Waals surface area contributed by atoms with Crippen molar-refractivity contribution in [2.75, 3.05) is 7.11 Å². The molecule has 0 saturated carbocycles. The second-order valence-electron chi connectivity index (χ2n) is 6.16. The lowest BCUT2D eigenvalue weighted by Gasteiger charge is -2.15. The van der Waals surface area contributed by atoms with Crippen LogP contribution in [0.2, 0.25) is 0 Å². The van der Waals surface area contributed by atoms with Crippen LogP contribution in [-0.2, 0) is 25.1 Å². The normalized spacial score (nSPS) is 13.5. The van der Waals surface area contributed by atoms with Crippen molar-refractivity contribution in [1.82, 2.24) is 0 Å². The van der Waals surface area contributed by atoms with Crippen LogP contribution in [0.3, 0.4) is 0 Å². The Kier molecular flexibility index (Phi) is 11.6. The summed E-state index contributed by atoms with van der Waals surface area (Å²) in [6.07, 6.45) is 9.45. The van der Waals surface area contributed by atoms with E-state index in [1.807, 2.05) is 25.1 Å². The molecule has 1 aromatic rings. The van der Waals surface area contributed by atoms with Crippen LogP contribution in [0.5, 0.6) is 5.75 Å². The zero-order chi connectivity index (χ0) is 19.2. The maximum absolute atomic E-state index is 12.2. The van der Waals surface area contributed by atoms with Crippen molar-refractivity contribution >= 4 is 17.3 Å². The molecule has 0 spiro atoms. The number of ether oxygens (including phenoxy) is 1. The second-order valence-corrected chi connectivity index (χ2v) is 6.92. The molecular weight excluding hydrogens is 352 g/mol. The fraction of sp³-hybridized carbons (Fsp3) is 0.550. The van der Waals surface area contributed by atoms with Gasteiger partial charge in [0.15, 0.2) is 0 Å². The van der Waals surface area contributed by atoms with Gasteiger partial charge in [-0.1, -0.05) is 62.5 Å². The number of hydrogen-bond donors (Lipinski definition) is 0. The molecule has 26 heavy (non-hydrogen) atoms. The topological polar surface area (TPSA) is 61.8 Å². The van der Waals surface area contributed by atoms with E-state index >= 15 is 0 Å².